The molecular weight excluding hydrogens is 356 g/mol. The number of nitrogens with zero attached hydrogens (tertiary/aromatic N) is 4. The maximum absolute atomic E-state index is 11.1. The Morgan fingerprint density at radius 3 is 2.74 bits per heavy atom. The standard InChI is InChI=1S/C21H32N4OS/c1-17(2)6-10-25-11-7-21(26,8-12-25)19-16-27-20(23-19)15-24(3)14-18-5-4-9-22-13-18/h4-5,9,13,16-17,26H,6-8,10-12,14-15H2,1-3H3. The van der Waals surface area contributed by atoms with Gasteiger partial charge in [0.25, 0.3) is 0 Å². The van der Waals surface area contributed by atoms with E-state index in [1.165, 1.54) is 12.0 Å². The fourth-order valence-electron chi connectivity index (χ4n) is 3.53. The summed E-state index contributed by atoms with van der Waals surface area (Å²) >= 11 is 1.65. The molecule has 3 heterocycles. The van der Waals surface area contributed by atoms with Crippen molar-refractivity contribution in [2.24, 2.45) is 5.92 Å². The van der Waals surface area contributed by atoms with Crippen molar-refractivity contribution >= 4 is 11.3 Å². The SMILES string of the molecule is CC(C)CCN1CCC(O)(c2csc(CN(C)Cc3cccnc3)n2)CC1. The molecule has 27 heavy (non-hydrogen) atoms. The van der Waals surface area contributed by atoms with Gasteiger partial charge in [-0.3, -0.25) is 9.88 Å². The fourth-order valence-corrected chi connectivity index (χ4v) is 4.50. The highest BCUT2D eigenvalue weighted by Gasteiger charge is 2.36. The monoisotopic (exact) mass is 388 g/mol. The van der Waals surface area contributed by atoms with Crippen molar-refractivity contribution in [2.75, 3.05) is 26.7 Å². The summed E-state index contributed by atoms with van der Waals surface area (Å²) in [5.74, 6) is 0.732. The second-order valence-electron chi connectivity index (χ2n) is 8.22. The van der Waals surface area contributed by atoms with Gasteiger partial charge in [0.1, 0.15) is 10.6 Å². The number of pyridine rings is 1. The Labute approximate surface area is 167 Å². The minimum Gasteiger partial charge on any atom is -0.383 e. The van der Waals surface area contributed by atoms with E-state index in [9.17, 15) is 5.11 Å². The molecular formula is C21H32N4OS. The lowest BCUT2D eigenvalue weighted by atomic mass is 9.88. The second-order valence-corrected chi connectivity index (χ2v) is 9.16. The molecule has 0 amide bonds. The molecule has 1 fully saturated rings. The molecule has 2 aromatic rings. The van der Waals surface area contributed by atoms with Crippen LogP contribution < -0.4 is 0 Å². The van der Waals surface area contributed by atoms with Crippen LogP contribution in [0.2, 0.25) is 0 Å². The highest BCUT2D eigenvalue weighted by molar-refractivity contribution is 7.09. The van der Waals surface area contributed by atoms with Crippen LogP contribution in [0, 0.1) is 5.92 Å². The third-order valence-corrected chi connectivity index (χ3v) is 6.15. The van der Waals surface area contributed by atoms with Crippen LogP contribution in [0.3, 0.4) is 0 Å². The fraction of sp³-hybridized carbons (Fsp3) is 0.619. The van der Waals surface area contributed by atoms with E-state index in [1.807, 2.05) is 12.3 Å². The number of aliphatic hydroxyl groups is 1. The third kappa shape index (κ3) is 5.82. The van der Waals surface area contributed by atoms with Gasteiger partial charge in [0.15, 0.2) is 0 Å². The summed E-state index contributed by atoms with van der Waals surface area (Å²) in [6.45, 7) is 9.21. The van der Waals surface area contributed by atoms with E-state index in [1.54, 1.807) is 17.5 Å². The second kappa shape index (κ2) is 9.24. The van der Waals surface area contributed by atoms with Crippen LogP contribution >= 0.6 is 11.3 Å². The average Bonchev–Trinajstić information content (AvgIpc) is 3.11. The van der Waals surface area contributed by atoms with Gasteiger partial charge < -0.3 is 10.0 Å². The number of hydrogen-bond acceptors (Lipinski definition) is 6. The van der Waals surface area contributed by atoms with Crippen LogP contribution in [0.25, 0.3) is 0 Å². The molecule has 1 saturated heterocycles. The molecule has 0 aliphatic carbocycles. The maximum Gasteiger partial charge on any atom is 0.110 e. The van der Waals surface area contributed by atoms with Crippen molar-refractivity contribution in [3.63, 3.8) is 0 Å². The molecule has 0 atom stereocenters. The lowest BCUT2D eigenvalue weighted by Crippen LogP contribution is -2.43. The van der Waals surface area contributed by atoms with Crippen molar-refractivity contribution in [1.82, 2.24) is 19.8 Å². The van der Waals surface area contributed by atoms with Crippen molar-refractivity contribution in [3.8, 4) is 0 Å². The Hall–Kier alpha value is -1.34. The highest BCUT2D eigenvalue weighted by Crippen LogP contribution is 2.33. The lowest BCUT2D eigenvalue weighted by molar-refractivity contribution is -0.0296. The quantitative estimate of drug-likeness (QED) is 0.750. The molecule has 3 rings (SSSR count). The maximum atomic E-state index is 11.1. The van der Waals surface area contributed by atoms with Gasteiger partial charge in [-0.2, -0.15) is 0 Å². The van der Waals surface area contributed by atoms with Crippen LogP contribution in [0.5, 0.6) is 0 Å². The molecule has 0 spiro atoms. The smallest absolute Gasteiger partial charge is 0.110 e. The van der Waals surface area contributed by atoms with E-state index >= 15 is 0 Å². The first kappa shape index (κ1) is 20.4. The predicted molar refractivity (Wildman–Crippen MR) is 111 cm³/mol. The third-order valence-electron chi connectivity index (χ3n) is 5.31. The van der Waals surface area contributed by atoms with Crippen LogP contribution in [0.15, 0.2) is 29.9 Å². The molecule has 0 unspecified atom stereocenters. The predicted octanol–water partition coefficient (Wildman–Crippen LogP) is 3.50. The Morgan fingerprint density at radius 1 is 1.30 bits per heavy atom. The Balaban J connectivity index is 1.52. The first-order valence-corrected chi connectivity index (χ1v) is 10.8. The van der Waals surface area contributed by atoms with E-state index in [-0.39, 0.29) is 0 Å². The summed E-state index contributed by atoms with van der Waals surface area (Å²) < 4.78 is 0. The topological polar surface area (TPSA) is 52.5 Å². The number of rotatable bonds is 8. The van der Waals surface area contributed by atoms with Crippen LogP contribution in [0.4, 0.5) is 0 Å². The van der Waals surface area contributed by atoms with E-state index < -0.39 is 5.60 Å². The number of thiazole rings is 1. The number of hydrogen-bond donors (Lipinski definition) is 1. The highest BCUT2D eigenvalue weighted by atomic mass is 32.1. The lowest BCUT2D eigenvalue weighted by Gasteiger charge is -2.37. The van der Waals surface area contributed by atoms with Crippen LogP contribution in [-0.2, 0) is 18.7 Å². The van der Waals surface area contributed by atoms with Gasteiger partial charge in [-0.15, -0.1) is 11.3 Å². The molecule has 148 valence electrons. The minimum absolute atomic E-state index is 0.732. The normalized spacial score (nSPS) is 17.7. The van der Waals surface area contributed by atoms with Gasteiger partial charge in [0, 0.05) is 37.4 Å². The van der Waals surface area contributed by atoms with E-state index in [0.29, 0.717) is 0 Å². The molecule has 1 N–H and O–H groups in total. The van der Waals surface area contributed by atoms with Gasteiger partial charge in [-0.1, -0.05) is 19.9 Å². The average molecular weight is 389 g/mol. The zero-order valence-corrected chi connectivity index (χ0v) is 17.6. The first-order valence-electron chi connectivity index (χ1n) is 9.92. The van der Waals surface area contributed by atoms with Crippen molar-refractivity contribution in [1.29, 1.82) is 0 Å². The molecule has 5 nitrogen and oxygen atoms in total. The number of piperidine rings is 1. The van der Waals surface area contributed by atoms with Crippen molar-refractivity contribution in [3.05, 3.63) is 46.2 Å². The van der Waals surface area contributed by atoms with E-state index in [0.717, 1.165) is 62.2 Å². The molecule has 2 aromatic heterocycles. The molecule has 1 aliphatic rings. The Kier molecular flexibility index (Phi) is 6.98. The Bertz CT molecular complexity index is 695. The largest absolute Gasteiger partial charge is 0.383 e. The zero-order chi connectivity index (χ0) is 19.3. The van der Waals surface area contributed by atoms with E-state index in [4.69, 9.17) is 4.98 Å². The van der Waals surface area contributed by atoms with Crippen molar-refractivity contribution < 1.29 is 5.11 Å². The molecule has 1 aliphatic heterocycles. The van der Waals surface area contributed by atoms with E-state index in [2.05, 4.69) is 47.1 Å². The molecule has 6 heteroatoms. The molecule has 0 radical (unpaired) electrons. The zero-order valence-electron chi connectivity index (χ0n) is 16.8. The van der Waals surface area contributed by atoms with Gasteiger partial charge in [0.05, 0.1) is 12.2 Å². The summed E-state index contributed by atoms with van der Waals surface area (Å²) in [4.78, 5) is 13.7. The van der Waals surface area contributed by atoms with Gasteiger partial charge in [-0.25, -0.2) is 4.98 Å². The van der Waals surface area contributed by atoms with Crippen molar-refractivity contribution in [2.45, 2.75) is 51.8 Å². The summed E-state index contributed by atoms with van der Waals surface area (Å²) in [6, 6.07) is 4.06. The van der Waals surface area contributed by atoms with Gasteiger partial charge in [-0.05, 0) is 50.4 Å². The van der Waals surface area contributed by atoms with Gasteiger partial charge >= 0.3 is 0 Å². The number of aromatic nitrogens is 2. The Morgan fingerprint density at radius 2 is 2.07 bits per heavy atom. The molecule has 0 bridgehead atoms. The summed E-state index contributed by atoms with van der Waals surface area (Å²) in [7, 11) is 2.09. The summed E-state index contributed by atoms with van der Waals surface area (Å²) in [6.07, 6.45) is 6.48. The van der Waals surface area contributed by atoms with Crippen LogP contribution in [-0.4, -0.2) is 51.6 Å². The number of likely N-dealkylation sites (tertiary alicyclic amines) is 1. The van der Waals surface area contributed by atoms with Crippen LogP contribution in [0.1, 0.15) is 49.4 Å². The summed E-state index contributed by atoms with van der Waals surface area (Å²) in [5, 5.41) is 14.2. The molecule has 0 aromatic carbocycles. The van der Waals surface area contributed by atoms with Gasteiger partial charge in [0.2, 0.25) is 0 Å². The minimum atomic E-state index is -0.759. The summed E-state index contributed by atoms with van der Waals surface area (Å²) in [5.41, 5.74) is 1.30. The first-order chi connectivity index (χ1) is 12.9. The molecule has 0 saturated carbocycles.